The zero-order chi connectivity index (χ0) is 14.1. The highest BCUT2D eigenvalue weighted by Crippen LogP contribution is 2.41. The van der Waals surface area contributed by atoms with E-state index in [-0.39, 0.29) is 0 Å². The number of nitrogens with two attached hydrogens (primary N) is 1. The number of anilines is 1. The molecule has 0 amide bonds. The lowest BCUT2D eigenvalue weighted by molar-refractivity contribution is 0.278. The minimum Gasteiger partial charge on any atom is -0.493 e. The lowest BCUT2D eigenvalue weighted by Gasteiger charge is -2.13. The number of hydrogen-bond donors (Lipinski definition) is 1. The molecular formula is C14H15BrN2O3. The lowest BCUT2D eigenvalue weighted by atomic mass is 10.1. The quantitative estimate of drug-likeness (QED) is 0.903. The summed E-state index contributed by atoms with van der Waals surface area (Å²) in [5.74, 6) is 3.00. The average molecular weight is 339 g/mol. The van der Waals surface area contributed by atoms with E-state index >= 15 is 0 Å². The van der Waals surface area contributed by atoms with Crippen LogP contribution in [0.15, 0.2) is 27.2 Å². The number of benzene rings is 1. The van der Waals surface area contributed by atoms with Crippen molar-refractivity contribution in [3.8, 4) is 22.8 Å². The van der Waals surface area contributed by atoms with Crippen LogP contribution in [-0.4, -0.2) is 18.9 Å². The van der Waals surface area contributed by atoms with Crippen molar-refractivity contribution < 1.29 is 14.0 Å². The van der Waals surface area contributed by atoms with Gasteiger partial charge in [0.2, 0.25) is 0 Å². The SMILES string of the molecule is COc1cc(-c2cc(N)no2)cc(Br)c1OCC1CC1. The first-order valence-electron chi connectivity index (χ1n) is 6.40. The van der Waals surface area contributed by atoms with Crippen molar-refractivity contribution in [1.82, 2.24) is 5.16 Å². The number of rotatable bonds is 5. The third kappa shape index (κ3) is 2.75. The molecule has 0 unspecified atom stereocenters. The molecule has 2 N–H and O–H groups in total. The Bertz CT molecular complexity index is 623. The van der Waals surface area contributed by atoms with Gasteiger partial charge in [0, 0.05) is 11.6 Å². The van der Waals surface area contributed by atoms with Crippen LogP contribution in [0.1, 0.15) is 12.8 Å². The molecule has 1 heterocycles. The van der Waals surface area contributed by atoms with Gasteiger partial charge in [-0.15, -0.1) is 0 Å². The predicted octanol–water partition coefficient (Wildman–Crippen LogP) is 3.48. The molecule has 3 rings (SSSR count). The molecule has 0 spiro atoms. The van der Waals surface area contributed by atoms with Crippen LogP contribution in [0.4, 0.5) is 5.82 Å². The third-order valence-electron chi connectivity index (χ3n) is 3.20. The third-order valence-corrected chi connectivity index (χ3v) is 3.79. The Morgan fingerprint density at radius 3 is 2.80 bits per heavy atom. The molecule has 1 aliphatic carbocycles. The van der Waals surface area contributed by atoms with Gasteiger partial charge in [0.25, 0.3) is 0 Å². The van der Waals surface area contributed by atoms with E-state index in [1.54, 1.807) is 13.2 Å². The van der Waals surface area contributed by atoms with Crippen LogP contribution >= 0.6 is 15.9 Å². The highest BCUT2D eigenvalue weighted by molar-refractivity contribution is 9.10. The van der Waals surface area contributed by atoms with Gasteiger partial charge < -0.3 is 19.7 Å². The maximum absolute atomic E-state index is 5.84. The lowest BCUT2D eigenvalue weighted by Crippen LogP contribution is -2.01. The zero-order valence-corrected chi connectivity index (χ0v) is 12.6. The number of nitrogens with zero attached hydrogens (tertiary/aromatic N) is 1. The number of halogens is 1. The molecule has 5 nitrogen and oxygen atoms in total. The largest absolute Gasteiger partial charge is 0.493 e. The van der Waals surface area contributed by atoms with Crippen molar-refractivity contribution in [3.63, 3.8) is 0 Å². The number of aromatic nitrogens is 1. The first-order valence-corrected chi connectivity index (χ1v) is 7.19. The molecule has 0 radical (unpaired) electrons. The Kier molecular flexibility index (Phi) is 3.56. The van der Waals surface area contributed by atoms with Gasteiger partial charge in [-0.3, -0.25) is 0 Å². The van der Waals surface area contributed by atoms with Crippen LogP contribution in [0.25, 0.3) is 11.3 Å². The maximum Gasteiger partial charge on any atom is 0.175 e. The Balaban J connectivity index is 1.91. The summed E-state index contributed by atoms with van der Waals surface area (Å²) < 4.78 is 17.2. The second-order valence-corrected chi connectivity index (χ2v) is 5.71. The fourth-order valence-corrected chi connectivity index (χ4v) is 2.47. The summed E-state index contributed by atoms with van der Waals surface area (Å²) in [6, 6.07) is 5.43. The van der Waals surface area contributed by atoms with Crippen molar-refractivity contribution >= 4 is 21.7 Å². The Labute approximate surface area is 125 Å². The van der Waals surface area contributed by atoms with Crippen LogP contribution in [0.2, 0.25) is 0 Å². The summed E-state index contributed by atoms with van der Waals surface area (Å²) in [5, 5.41) is 3.68. The first-order chi connectivity index (χ1) is 9.67. The summed E-state index contributed by atoms with van der Waals surface area (Å²) in [7, 11) is 1.62. The molecule has 6 heteroatoms. The van der Waals surface area contributed by atoms with E-state index in [1.807, 2.05) is 12.1 Å². The molecular weight excluding hydrogens is 324 g/mol. The van der Waals surface area contributed by atoms with E-state index in [9.17, 15) is 0 Å². The molecule has 0 saturated heterocycles. The molecule has 0 atom stereocenters. The second kappa shape index (κ2) is 5.36. The van der Waals surface area contributed by atoms with E-state index in [4.69, 9.17) is 19.7 Å². The molecule has 20 heavy (non-hydrogen) atoms. The molecule has 106 valence electrons. The second-order valence-electron chi connectivity index (χ2n) is 4.86. The monoisotopic (exact) mass is 338 g/mol. The number of hydrogen-bond acceptors (Lipinski definition) is 5. The summed E-state index contributed by atoms with van der Waals surface area (Å²) in [6.07, 6.45) is 2.49. The molecule has 2 aromatic rings. The fraction of sp³-hybridized carbons (Fsp3) is 0.357. The fourth-order valence-electron chi connectivity index (χ4n) is 1.91. The minimum atomic E-state index is 0.351. The summed E-state index contributed by atoms with van der Waals surface area (Å²) >= 11 is 3.52. The number of ether oxygens (including phenoxy) is 2. The highest BCUT2D eigenvalue weighted by Gasteiger charge is 2.23. The van der Waals surface area contributed by atoms with Gasteiger partial charge in [-0.1, -0.05) is 5.16 Å². The topological polar surface area (TPSA) is 70.5 Å². The summed E-state index contributed by atoms with van der Waals surface area (Å²) in [4.78, 5) is 0. The van der Waals surface area contributed by atoms with Gasteiger partial charge in [0.1, 0.15) is 0 Å². The van der Waals surface area contributed by atoms with Gasteiger partial charge in [0.15, 0.2) is 23.1 Å². The predicted molar refractivity (Wildman–Crippen MR) is 78.8 cm³/mol. The van der Waals surface area contributed by atoms with Crippen LogP contribution in [0.3, 0.4) is 0 Å². The van der Waals surface area contributed by atoms with E-state index in [2.05, 4.69) is 21.1 Å². The molecule has 1 aromatic heterocycles. The van der Waals surface area contributed by atoms with E-state index in [0.717, 1.165) is 22.4 Å². The molecule has 0 aliphatic heterocycles. The Morgan fingerprint density at radius 1 is 1.40 bits per heavy atom. The van der Waals surface area contributed by atoms with Crippen LogP contribution in [-0.2, 0) is 0 Å². The van der Waals surface area contributed by atoms with Crippen LogP contribution < -0.4 is 15.2 Å². The van der Waals surface area contributed by atoms with Crippen molar-refractivity contribution in [2.45, 2.75) is 12.8 Å². The average Bonchev–Trinajstić information content (AvgIpc) is 3.16. The van der Waals surface area contributed by atoms with Crippen molar-refractivity contribution in [1.29, 1.82) is 0 Å². The van der Waals surface area contributed by atoms with Crippen molar-refractivity contribution in [2.24, 2.45) is 5.92 Å². The van der Waals surface area contributed by atoms with Gasteiger partial charge in [-0.2, -0.15) is 0 Å². The zero-order valence-electron chi connectivity index (χ0n) is 11.1. The van der Waals surface area contributed by atoms with Crippen molar-refractivity contribution in [2.75, 3.05) is 19.5 Å². The summed E-state index contributed by atoms with van der Waals surface area (Å²) in [6.45, 7) is 0.726. The van der Waals surface area contributed by atoms with E-state index in [1.165, 1.54) is 12.8 Å². The van der Waals surface area contributed by atoms with Gasteiger partial charge in [0.05, 0.1) is 18.2 Å². The standard InChI is InChI=1S/C14H15BrN2O3/c1-18-12-5-9(11-6-13(16)17-20-11)4-10(15)14(12)19-7-8-2-3-8/h4-6,8H,2-3,7H2,1H3,(H2,16,17). The van der Waals surface area contributed by atoms with E-state index < -0.39 is 0 Å². The minimum absolute atomic E-state index is 0.351. The van der Waals surface area contributed by atoms with E-state index in [0.29, 0.717) is 23.2 Å². The molecule has 1 aromatic carbocycles. The van der Waals surface area contributed by atoms with Gasteiger partial charge in [-0.05, 0) is 46.8 Å². The summed E-state index contributed by atoms with van der Waals surface area (Å²) in [5.41, 5.74) is 6.40. The Morgan fingerprint density at radius 2 is 2.20 bits per heavy atom. The number of nitrogen functional groups attached to an aromatic ring is 1. The van der Waals surface area contributed by atoms with Crippen LogP contribution in [0.5, 0.6) is 11.5 Å². The smallest absolute Gasteiger partial charge is 0.175 e. The normalized spacial score (nSPS) is 14.3. The molecule has 1 saturated carbocycles. The number of methoxy groups -OCH3 is 1. The van der Waals surface area contributed by atoms with Gasteiger partial charge >= 0.3 is 0 Å². The first kappa shape index (κ1) is 13.3. The van der Waals surface area contributed by atoms with Gasteiger partial charge in [-0.25, -0.2) is 0 Å². The molecule has 1 fully saturated rings. The Hall–Kier alpha value is -1.69. The highest BCUT2D eigenvalue weighted by atomic mass is 79.9. The molecule has 1 aliphatic rings. The van der Waals surface area contributed by atoms with Crippen LogP contribution in [0, 0.1) is 5.92 Å². The maximum atomic E-state index is 5.84. The van der Waals surface area contributed by atoms with Crippen molar-refractivity contribution in [3.05, 3.63) is 22.7 Å². The molecule has 0 bridgehead atoms.